The zero-order valence-corrected chi connectivity index (χ0v) is 23.5. The van der Waals surface area contributed by atoms with E-state index < -0.39 is 0 Å². The van der Waals surface area contributed by atoms with Gasteiger partial charge in [0.25, 0.3) is 5.91 Å². The van der Waals surface area contributed by atoms with E-state index in [-0.39, 0.29) is 11.9 Å². The van der Waals surface area contributed by atoms with Crippen LogP contribution >= 0.6 is 0 Å². The molecule has 0 atom stereocenters. The fraction of sp³-hybridized carbons (Fsp3) is 0.273. The van der Waals surface area contributed by atoms with Crippen LogP contribution in [-0.4, -0.2) is 56.8 Å². The Bertz CT molecular complexity index is 1650. The molecule has 1 amide bonds. The van der Waals surface area contributed by atoms with E-state index in [9.17, 15) is 4.79 Å². The fourth-order valence-corrected chi connectivity index (χ4v) is 5.38. The molecule has 5 aromatic rings. The molecule has 1 fully saturated rings. The van der Waals surface area contributed by atoms with Gasteiger partial charge in [-0.3, -0.25) is 9.20 Å². The Morgan fingerprint density at radius 3 is 2.61 bits per heavy atom. The first-order valence-electron chi connectivity index (χ1n) is 14.3. The van der Waals surface area contributed by atoms with Crippen LogP contribution < -0.4 is 10.6 Å². The van der Waals surface area contributed by atoms with Crippen LogP contribution in [0, 0.1) is 0 Å². The number of fused-ring (bicyclic) bond motifs is 1. The number of nitrogens with zero attached hydrogens (tertiary/aromatic N) is 5. The molecule has 208 valence electrons. The summed E-state index contributed by atoms with van der Waals surface area (Å²) in [6.07, 6.45) is 9.19. The number of imidazole rings is 1. The zero-order chi connectivity index (χ0) is 28.2. The highest BCUT2D eigenvalue weighted by Crippen LogP contribution is 2.33. The molecular weight excluding hydrogens is 510 g/mol. The molecule has 1 saturated carbocycles. The topological polar surface area (TPSA) is 87.5 Å². The third-order valence-corrected chi connectivity index (χ3v) is 7.57. The van der Waals surface area contributed by atoms with Crippen molar-refractivity contribution in [2.24, 2.45) is 0 Å². The largest absolute Gasteiger partial charge is 0.349 e. The molecule has 1 aliphatic rings. The van der Waals surface area contributed by atoms with Gasteiger partial charge >= 0.3 is 0 Å². The molecule has 3 heterocycles. The minimum Gasteiger partial charge on any atom is -0.349 e. The number of likely N-dealkylation sites (N-methyl/N-ethyl adjacent to an activating group) is 1. The lowest BCUT2D eigenvalue weighted by molar-refractivity contribution is 0.0938. The van der Waals surface area contributed by atoms with Gasteiger partial charge in [0.05, 0.1) is 17.1 Å². The van der Waals surface area contributed by atoms with Crippen LogP contribution in [0.1, 0.15) is 41.6 Å². The second-order valence-corrected chi connectivity index (χ2v) is 10.9. The molecule has 8 heteroatoms. The number of carbonyl (C=O) groups excluding carboxylic acids is 1. The first-order chi connectivity index (χ1) is 20.0. The summed E-state index contributed by atoms with van der Waals surface area (Å²) in [4.78, 5) is 29.6. The Balaban J connectivity index is 1.31. The Hall–Kier alpha value is -4.56. The molecule has 6 rings (SSSR count). The van der Waals surface area contributed by atoms with Crippen LogP contribution in [0.2, 0.25) is 0 Å². The van der Waals surface area contributed by atoms with Gasteiger partial charge in [0, 0.05) is 41.8 Å². The normalized spacial score (nSPS) is 13.6. The van der Waals surface area contributed by atoms with E-state index in [2.05, 4.69) is 58.9 Å². The zero-order valence-electron chi connectivity index (χ0n) is 23.5. The number of hydrogen-bond acceptors (Lipinski definition) is 6. The van der Waals surface area contributed by atoms with Gasteiger partial charge in [-0.05, 0) is 81.4 Å². The van der Waals surface area contributed by atoms with Gasteiger partial charge < -0.3 is 15.5 Å². The van der Waals surface area contributed by atoms with E-state index >= 15 is 0 Å². The summed E-state index contributed by atoms with van der Waals surface area (Å²) in [5.41, 5.74) is 6.86. The molecule has 3 aromatic heterocycles. The Morgan fingerprint density at radius 1 is 0.976 bits per heavy atom. The van der Waals surface area contributed by atoms with Crippen molar-refractivity contribution in [3.05, 3.63) is 96.3 Å². The molecule has 2 aromatic carbocycles. The van der Waals surface area contributed by atoms with Crippen LogP contribution in [0.15, 0.2) is 85.2 Å². The second-order valence-electron chi connectivity index (χ2n) is 10.9. The maximum Gasteiger partial charge on any atom is 0.251 e. The maximum absolute atomic E-state index is 13.0. The predicted molar refractivity (Wildman–Crippen MR) is 163 cm³/mol. The van der Waals surface area contributed by atoms with E-state index in [1.54, 1.807) is 6.20 Å². The molecule has 0 unspecified atom stereocenters. The molecule has 0 radical (unpaired) electrons. The van der Waals surface area contributed by atoms with E-state index in [4.69, 9.17) is 9.97 Å². The van der Waals surface area contributed by atoms with Crippen molar-refractivity contribution < 1.29 is 4.79 Å². The SMILES string of the molecule is CN(C)CCc1ccc(Nc2nccc(-c3c(-c4cccc(C(=O)NC5CCCC5)c4)nc4ccccn34)n2)cc1. The molecule has 0 aliphatic heterocycles. The Kier molecular flexibility index (Phi) is 7.73. The summed E-state index contributed by atoms with van der Waals surface area (Å²) < 4.78 is 2.03. The summed E-state index contributed by atoms with van der Waals surface area (Å²) in [6, 6.07) is 24.2. The average molecular weight is 546 g/mol. The molecule has 0 spiro atoms. The quantitative estimate of drug-likeness (QED) is 0.237. The number of rotatable bonds is 9. The van der Waals surface area contributed by atoms with Crippen molar-refractivity contribution in [2.45, 2.75) is 38.1 Å². The van der Waals surface area contributed by atoms with E-state index in [0.29, 0.717) is 11.5 Å². The number of anilines is 2. The molecule has 8 nitrogen and oxygen atoms in total. The van der Waals surface area contributed by atoms with Gasteiger partial charge in [0.2, 0.25) is 5.95 Å². The van der Waals surface area contributed by atoms with Gasteiger partial charge in [-0.25, -0.2) is 15.0 Å². The van der Waals surface area contributed by atoms with Crippen molar-refractivity contribution >= 4 is 23.2 Å². The number of benzene rings is 2. The predicted octanol–water partition coefficient (Wildman–Crippen LogP) is 5.98. The number of nitrogens with one attached hydrogen (secondary N) is 2. The summed E-state index contributed by atoms with van der Waals surface area (Å²) in [5.74, 6) is 0.468. The minimum atomic E-state index is -0.0367. The first kappa shape index (κ1) is 26.7. The number of aromatic nitrogens is 4. The van der Waals surface area contributed by atoms with Crippen molar-refractivity contribution in [1.82, 2.24) is 29.6 Å². The lowest BCUT2D eigenvalue weighted by atomic mass is 10.0. The number of hydrogen-bond donors (Lipinski definition) is 2. The highest BCUT2D eigenvalue weighted by atomic mass is 16.1. The minimum absolute atomic E-state index is 0.0367. The van der Waals surface area contributed by atoms with E-state index in [1.165, 1.54) is 18.4 Å². The maximum atomic E-state index is 13.0. The van der Waals surface area contributed by atoms with Crippen molar-refractivity contribution in [1.29, 1.82) is 0 Å². The van der Waals surface area contributed by atoms with E-state index in [0.717, 1.165) is 59.8 Å². The van der Waals surface area contributed by atoms with Gasteiger partial charge in [0.15, 0.2) is 0 Å². The summed E-state index contributed by atoms with van der Waals surface area (Å²) in [6.45, 7) is 1.01. The Morgan fingerprint density at radius 2 is 1.80 bits per heavy atom. The summed E-state index contributed by atoms with van der Waals surface area (Å²) in [5, 5.41) is 6.55. The third-order valence-electron chi connectivity index (χ3n) is 7.57. The molecule has 0 saturated heterocycles. The van der Waals surface area contributed by atoms with Crippen LogP contribution in [0.25, 0.3) is 28.3 Å². The fourth-order valence-electron chi connectivity index (χ4n) is 5.38. The third kappa shape index (κ3) is 6.12. The van der Waals surface area contributed by atoms with Crippen LogP contribution in [-0.2, 0) is 6.42 Å². The lowest BCUT2D eigenvalue weighted by Crippen LogP contribution is -2.32. The molecule has 2 N–H and O–H groups in total. The summed E-state index contributed by atoms with van der Waals surface area (Å²) >= 11 is 0. The van der Waals surface area contributed by atoms with E-state index in [1.807, 2.05) is 59.1 Å². The molecule has 1 aliphatic carbocycles. The van der Waals surface area contributed by atoms with Crippen LogP contribution in [0.4, 0.5) is 11.6 Å². The van der Waals surface area contributed by atoms with Gasteiger partial charge in [-0.15, -0.1) is 0 Å². The summed E-state index contributed by atoms with van der Waals surface area (Å²) in [7, 11) is 4.17. The van der Waals surface area contributed by atoms with Gasteiger partial charge in [-0.2, -0.15) is 0 Å². The monoisotopic (exact) mass is 545 g/mol. The van der Waals surface area contributed by atoms with Crippen molar-refractivity contribution in [2.75, 3.05) is 26.0 Å². The van der Waals surface area contributed by atoms with Crippen molar-refractivity contribution in [3.63, 3.8) is 0 Å². The second kappa shape index (κ2) is 11.9. The molecule has 0 bridgehead atoms. The highest BCUT2D eigenvalue weighted by molar-refractivity contribution is 5.96. The average Bonchev–Trinajstić information content (AvgIpc) is 3.65. The number of carbonyl (C=O) groups is 1. The molecular formula is C33H35N7O. The molecule has 41 heavy (non-hydrogen) atoms. The Labute approximate surface area is 240 Å². The highest BCUT2D eigenvalue weighted by Gasteiger charge is 2.21. The van der Waals surface area contributed by atoms with Gasteiger partial charge in [-0.1, -0.05) is 43.2 Å². The number of pyridine rings is 1. The van der Waals surface area contributed by atoms with Crippen LogP contribution in [0.5, 0.6) is 0 Å². The lowest BCUT2D eigenvalue weighted by Gasteiger charge is -2.13. The smallest absolute Gasteiger partial charge is 0.251 e. The first-order valence-corrected chi connectivity index (χ1v) is 14.3. The van der Waals surface area contributed by atoms with Gasteiger partial charge in [0.1, 0.15) is 5.65 Å². The van der Waals surface area contributed by atoms with Crippen LogP contribution in [0.3, 0.4) is 0 Å². The number of amides is 1. The standard InChI is InChI=1S/C33H35N7O/c1-39(2)21-18-23-13-15-27(16-14-23)36-33-34-19-17-28(37-33)31-30(38-29-12-5-6-20-40(29)31)24-8-7-9-25(22-24)32(41)35-26-10-3-4-11-26/h5-9,12-17,19-20,22,26H,3-4,10-11,18,21H2,1-2H3,(H,35,41)(H,34,36,37). The van der Waals surface area contributed by atoms with Crippen molar-refractivity contribution in [3.8, 4) is 22.6 Å².